The number of carbonyl (C=O) groups is 2. The highest BCUT2D eigenvalue weighted by Crippen LogP contribution is 2.42. The number of aryl methyl sites for hydroxylation is 1. The molecule has 2 aromatic carbocycles. The van der Waals surface area contributed by atoms with Crippen LogP contribution in [0.3, 0.4) is 0 Å². The second kappa shape index (κ2) is 7.91. The molecule has 1 saturated heterocycles. The van der Waals surface area contributed by atoms with Gasteiger partial charge in [0.1, 0.15) is 11.2 Å². The molecular formula is C20H21FN2O2S. The average molecular weight is 372 g/mol. The van der Waals surface area contributed by atoms with Crippen LogP contribution in [0.5, 0.6) is 0 Å². The Labute approximate surface area is 156 Å². The van der Waals surface area contributed by atoms with E-state index in [0.29, 0.717) is 29.1 Å². The molecule has 26 heavy (non-hydrogen) atoms. The van der Waals surface area contributed by atoms with Crippen LogP contribution >= 0.6 is 11.8 Å². The van der Waals surface area contributed by atoms with Crippen LogP contribution in [-0.4, -0.2) is 17.6 Å². The Balaban J connectivity index is 1.88. The highest BCUT2D eigenvalue weighted by molar-refractivity contribution is 8.00. The lowest BCUT2D eigenvalue weighted by Crippen LogP contribution is -2.28. The van der Waals surface area contributed by atoms with Crippen molar-refractivity contribution in [3.8, 4) is 0 Å². The first-order chi connectivity index (χ1) is 12.5. The monoisotopic (exact) mass is 372 g/mol. The minimum atomic E-state index is -0.327. The van der Waals surface area contributed by atoms with E-state index in [0.717, 1.165) is 12.0 Å². The molecule has 1 aliphatic rings. The maximum Gasteiger partial charge on any atom is 0.238 e. The van der Waals surface area contributed by atoms with Crippen molar-refractivity contribution in [2.45, 2.75) is 32.1 Å². The summed E-state index contributed by atoms with van der Waals surface area (Å²) >= 11 is 1.50. The van der Waals surface area contributed by atoms with Gasteiger partial charge >= 0.3 is 0 Å². The van der Waals surface area contributed by atoms with Crippen molar-refractivity contribution in [3.05, 3.63) is 59.4 Å². The van der Waals surface area contributed by atoms with E-state index in [4.69, 9.17) is 0 Å². The molecule has 0 spiro atoms. The van der Waals surface area contributed by atoms with Crippen molar-refractivity contribution in [1.82, 2.24) is 0 Å². The molecule has 0 aliphatic carbocycles. The number of carbonyl (C=O) groups excluding carboxylic acids is 2. The molecule has 0 unspecified atom stereocenters. The molecule has 1 heterocycles. The molecule has 6 heteroatoms. The van der Waals surface area contributed by atoms with E-state index in [9.17, 15) is 14.0 Å². The Kier molecular flexibility index (Phi) is 5.61. The van der Waals surface area contributed by atoms with Crippen LogP contribution in [0.2, 0.25) is 0 Å². The van der Waals surface area contributed by atoms with Crippen LogP contribution in [0.25, 0.3) is 0 Å². The van der Waals surface area contributed by atoms with Crippen molar-refractivity contribution < 1.29 is 14.0 Å². The van der Waals surface area contributed by atoms with Gasteiger partial charge in [-0.15, -0.1) is 11.8 Å². The molecule has 1 N–H and O–H groups in total. The largest absolute Gasteiger partial charge is 0.326 e. The Morgan fingerprint density at radius 1 is 1.31 bits per heavy atom. The van der Waals surface area contributed by atoms with Gasteiger partial charge in [0.05, 0.1) is 5.75 Å². The molecule has 1 atom stereocenters. The van der Waals surface area contributed by atoms with Crippen molar-refractivity contribution in [1.29, 1.82) is 0 Å². The number of benzene rings is 2. The SMILES string of the molecule is CCCC(=O)Nc1cccc([C@H]2SCC(=O)N2c2ccc(C)c(F)c2)c1. The molecular weight excluding hydrogens is 351 g/mol. The lowest BCUT2D eigenvalue weighted by atomic mass is 10.1. The fraction of sp³-hybridized carbons (Fsp3) is 0.300. The van der Waals surface area contributed by atoms with Gasteiger partial charge in [0.15, 0.2) is 0 Å². The van der Waals surface area contributed by atoms with Gasteiger partial charge in [0.25, 0.3) is 0 Å². The molecule has 3 rings (SSSR count). The summed E-state index contributed by atoms with van der Waals surface area (Å²) in [6, 6.07) is 12.3. The van der Waals surface area contributed by atoms with Crippen LogP contribution in [0.1, 0.15) is 36.3 Å². The van der Waals surface area contributed by atoms with Gasteiger partial charge < -0.3 is 5.32 Å². The standard InChI is InChI=1S/C20H21FN2O2S/c1-3-5-18(24)22-15-7-4-6-14(10-15)20-23(19(25)12-26-20)16-9-8-13(2)17(21)11-16/h4,6-11,20H,3,5,12H2,1-2H3,(H,22,24)/t20-/m1/s1. The lowest BCUT2D eigenvalue weighted by molar-refractivity contribution is -0.116. The predicted molar refractivity (Wildman–Crippen MR) is 104 cm³/mol. The van der Waals surface area contributed by atoms with Gasteiger partial charge in [0, 0.05) is 17.8 Å². The Bertz CT molecular complexity index is 840. The number of nitrogens with zero attached hydrogens (tertiary/aromatic N) is 1. The second-order valence-electron chi connectivity index (χ2n) is 6.28. The van der Waals surface area contributed by atoms with Crippen molar-refractivity contribution >= 4 is 35.0 Å². The fourth-order valence-electron chi connectivity index (χ4n) is 2.90. The quantitative estimate of drug-likeness (QED) is 0.831. The number of nitrogens with one attached hydrogen (secondary N) is 1. The molecule has 0 radical (unpaired) electrons. The van der Waals surface area contributed by atoms with E-state index >= 15 is 0 Å². The number of thioether (sulfide) groups is 1. The molecule has 2 aromatic rings. The minimum Gasteiger partial charge on any atom is -0.326 e. The Morgan fingerprint density at radius 3 is 2.85 bits per heavy atom. The van der Waals surface area contributed by atoms with Crippen LogP contribution in [0.15, 0.2) is 42.5 Å². The summed E-state index contributed by atoms with van der Waals surface area (Å²) in [6.45, 7) is 3.65. The van der Waals surface area contributed by atoms with Gasteiger partial charge in [-0.3, -0.25) is 14.5 Å². The molecule has 0 saturated carbocycles. The first kappa shape index (κ1) is 18.5. The Morgan fingerprint density at radius 2 is 2.12 bits per heavy atom. The zero-order valence-electron chi connectivity index (χ0n) is 14.8. The van der Waals surface area contributed by atoms with Crippen molar-refractivity contribution in [2.24, 2.45) is 0 Å². The minimum absolute atomic E-state index is 0.0303. The van der Waals surface area contributed by atoms with Gasteiger partial charge in [-0.2, -0.15) is 0 Å². The summed E-state index contributed by atoms with van der Waals surface area (Å²) in [4.78, 5) is 25.9. The van der Waals surface area contributed by atoms with Gasteiger partial charge in [-0.1, -0.05) is 25.1 Å². The highest BCUT2D eigenvalue weighted by Gasteiger charge is 2.34. The number of anilines is 2. The summed E-state index contributed by atoms with van der Waals surface area (Å²) in [5.74, 6) is -0.0699. The van der Waals surface area contributed by atoms with Gasteiger partial charge in [-0.25, -0.2) is 4.39 Å². The number of amides is 2. The zero-order chi connectivity index (χ0) is 18.7. The summed E-state index contributed by atoms with van der Waals surface area (Å²) in [5, 5.41) is 2.63. The molecule has 136 valence electrons. The van der Waals surface area contributed by atoms with E-state index in [1.807, 2.05) is 31.2 Å². The van der Waals surface area contributed by atoms with Gasteiger partial charge in [-0.05, 0) is 48.7 Å². The molecule has 2 amide bonds. The number of hydrogen-bond donors (Lipinski definition) is 1. The molecule has 0 aromatic heterocycles. The van der Waals surface area contributed by atoms with E-state index in [-0.39, 0.29) is 23.0 Å². The summed E-state index contributed by atoms with van der Waals surface area (Å²) in [5.41, 5.74) is 2.70. The summed E-state index contributed by atoms with van der Waals surface area (Å²) in [6.07, 6.45) is 1.25. The first-order valence-electron chi connectivity index (χ1n) is 8.59. The highest BCUT2D eigenvalue weighted by atomic mass is 32.2. The third-order valence-electron chi connectivity index (χ3n) is 4.23. The maximum atomic E-state index is 14.0. The van der Waals surface area contributed by atoms with Crippen LogP contribution in [-0.2, 0) is 9.59 Å². The van der Waals surface area contributed by atoms with E-state index < -0.39 is 0 Å². The molecule has 4 nitrogen and oxygen atoms in total. The topological polar surface area (TPSA) is 49.4 Å². The van der Waals surface area contributed by atoms with Crippen molar-refractivity contribution in [2.75, 3.05) is 16.0 Å². The zero-order valence-corrected chi connectivity index (χ0v) is 15.6. The van der Waals surface area contributed by atoms with Crippen LogP contribution < -0.4 is 10.2 Å². The molecule has 1 aliphatic heterocycles. The van der Waals surface area contributed by atoms with E-state index in [2.05, 4.69) is 5.32 Å². The van der Waals surface area contributed by atoms with E-state index in [1.165, 1.54) is 17.8 Å². The lowest BCUT2D eigenvalue weighted by Gasteiger charge is -2.25. The fourth-order valence-corrected chi connectivity index (χ4v) is 4.07. The van der Waals surface area contributed by atoms with E-state index in [1.54, 1.807) is 24.0 Å². The number of hydrogen-bond acceptors (Lipinski definition) is 3. The smallest absolute Gasteiger partial charge is 0.238 e. The summed E-state index contributed by atoms with van der Waals surface area (Å²) < 4.78 is 14.0. The maximum absolute atomic E-state index is 14.0. The number of halogens is 1. The number of rotatable bonds is 5. The summed E-state index contributed by atoms with van der Waals surface area (Å²) in [7, 11) is 0. The van der Waals surface area contributed by atoms with Crippen molar-refractivity contribution in [3.63, 3.8) is 0 Å². The average Bonchev–Trinajstić information content (AvgIpc) is 2.99. The predicted octanol–water partition coefficient (Wildman–Crippen LogP) is 4.65. The molecule has 1 fully saturated rings. The third kappa shape index (κ3) is 3.90. The third-order valence-corrected chi connectivity index (χ3v) is 5.45. The second-order valence-corrected chi connectivity index (χ2v) is 7.35. The Hall–Kier alpha value is -2.34. The van der Waals surface area contributed by atoms with Crippen LogP contribution in [0, 0.1) is 12.7 Å². The normalized spacial score (nSPS) is 16.8. The molecule has 0 bridgehead atoms. The van der Waals surface area contributed by atoms with Crippen LogP contribution in [0.4, 0.5) is 15.8 Å². The first-order valence-corrected chi connectivity index (χ1v) is 9.64. The van der Waals surface area contributed by atoms with Gasteiger partial charge in [0.2, 0.25) is 11.8 Å².